The molecule has 1 aliphatic rings. The fourth-order valence-corrected chi connectivity index (χ4v) is 2.52. The van der Waals surface area contributed by atoms with Crippen LogP contribution in [-0.2, 0) is 11.2 Å². The first-order chi connectivity index (χ1) is 9.38. The van der Waals surface area contributed by atoms with E-state index in [9.17, 15) is 0 Å². The monoisotopic (exact) mass is 327 g/mol. The van der Waals surface area contributed by atoms with Gasteiger partial charge in [0.15, 0.2) is 0 Å². The van der Waals surface area contributed by atoms with Crippen molar-refractivity contribution >= 4 is 15.9 Å². The summed E-state index contributed by atoms with van der Waals surface area (Å²) in [7, 11) is 0. The largest absolute Gasteiger partial charge is 0.494 e. The highest BCUT2D eigenvalue weighted by atomic mass is 79.9. The average molecular weight is 328 g/mol. The highest BCUT2D eigenvalue weighted by Gasteiger charge is 2.13. The molecule has 1 atom stereocenters. The van der Waals surface area contributed by atoms with Crippen molar-refractivity contribution in [3.63, 3.8) is 0 Å². The first-order valence-electron chi connectivity index (χ1n) is 6.98. The fourth-order valence-electron chi connectivity index (χ4n) is 2.12. The van der Waals surface area contributed by atoms with E-state index >= 15 is 0 Å². The van der Waals surface area contributed by atoms with Crippen LogP contribution in [0.3, 0.4) is 0 Å². The molecule has 106 valence electrons. The van der Waals surface area contributed by atoms with Crippen molar-refractivity contribution in [3.05, 3.63) is 29.8 Å². The summed E-state index contributed by atoms with van der Waals surface area (Å²) in [6, 6.07) is 8.38. The maximum absolute atomic E-state index is 5.71. The zero-order valence-corrected chi connectivity index (χ0v) is 12.8. The normalized spacial score (nSPS) is 19.3. The number of ether oxygens (including phenoxy) is 2. The Labute approximate surface area is 123 Å². The van der Waals surface area contributed by atoms with E-state index in [1.807, 2.05) is 0 Å². The highest BCUT2D eigenvalue weighted by Crippen LogP contribution is 2.15. The van der Waals surface area contributed by atoms with Crippen LogP contribution in [-0.4, -0.2) is 37.7 Å². The minimum atomic E-state index is 0.305. The lowest BCUT2D eigenvalue weighted by Gasteiger charge is -2.23. The Balaban J connectivity index is 1.74. The molecule has 0 bridgehead atoms. The molecule has 1 unspecified atom stereocenters. The third kappa shape index (κ3) is 5.51. The molecule has 0 aliphatic carbocycles. The van der Waals surface area contributed by atoms with Gasteiger partial charge in [0, 0.05) is 18.4 Å². The van der Waals surface area contributed by atoms with Crippen LogP contribution in [0.15, 0.2) is 24.3 Å². The Morgan fingerprint density at radius 3 is 2.79 bits per heavy atom. The van der Waals surface area contributed by atoms with Gasteiger partial charge in [-0.3, -0.25) is 0 Å². The maximum Gasteiger partial charge on any atom is 0.119 e. The van der Waals surface area contributed by atoms with E-state index in [1.165, 1.54) is 5.56 Å². The number of rotatable bonds is 7. The second-order valence-electron chi connectivity index (χ2n) is 4.79. The van der Waals surface area contributed by atoms with Crippen LogP contribution in [0.25, 0.3) is 0 Å². The minimum absolute atomic E-state index is 0.305. The van der Waals surface area contributed by atoms with Gasteiger partial charge in [0.1, 0.15) is 5.75 Å². The van der Waals surface area contributed by atoms with Crippen molar-refractivity contribution in [2.45, 2.75) is 25.4 Å². The summed E-state index contributed by atoms with van der Waals surface area (Å²) in [5.74, 6) is 0.959. The molecule has 0 amide bonds. The van der Waals surface area contributed by atoms with Crippen molar-refractivity contribution in [2.75, 3.05) is 31.6 Å². The van der Waals surface area contributed by atoms with Crippen molar-refractivity contribution in [1.29, 1.82) is 0 Å². The Bertz CT molecular complexity index is 350. The van der Waals surface area contributed by atoms with Gasteiger partial charge in [0.05, 0.1) is 19.3 Å². The van der Waals surface area contributed by atoms with Gasteiger partial charge in [-0.25, -0.2) is 0 Å². The SMILES string of the molecule is BrCCCCOc1ccc(CC2CNCCO2)cc1. The summed E-state index contributed by atoms with van der Waals surface area (Å²) in [4.78, 5) is 0. The number of halogens is 1. The number of hydrogen-bond acceptors (Lipinski definition) is 3. The van der Waals surface area contributed by atoms with E-state index in [0.29, 0.717) is 6.10 Å². The van der Waals surface area contributed by atoms with E-state index in [-0.39, 0.29) is 0 Å². The van der Waals surface area contributed by atoms with Crippen molar-refractivity contribution in [1.82, 2.24) is 5.32 Å². The summed E-state index contributed by atoms with van der Waals surface area (Å²) in [5.41, 5.74) is 1.31. The van der Waals surface area contributed by atoms with Crippen LogP contribution in [0.1, 0.15) is 18.4 Å². The number of morpholine rings is 1. The molecule has 1 N–H and O–H groups in total. The zero-order chi connectivity index (χ0) is 13.3. The standard InChI is InChI=1S/C15H22BrNO2/c16-7-1-2-9-18-14-5-3-13(4-6-14)11-15-12-17-8-10-19-15/h3-6,15,17H,1-2,7-12H2. The summed E-state index contributed by atoms with van der Waals surface area (Å²) in [6.45, 7) is 3.53. The van der Waals surface area contributed by atoms with Crippen LogP contribution < -0.4 is 10.1 Å². The molecule has 1 saturated heterocycles. The molecule has 1 fully saturated rings. The molecule has 3 nitrogen and oxygen atoms in total. The summed E-state index contributed by atoms with van der Waals surface area (Å²) in [5, 5.41) is 4.40. The number of nitrogens with one attached hydrogen (secondary N) is 1. The molecule has 1 aromatic carbocycles. The lowest BCUT2D eigenvalue weighted by Crippen LogP contribution is -2.39. The predicted molar refractivity (Wildman–Crippen MR) is 81.3 cm³/mol. The molecule has 2 rings (SSSR count). The highest BCUT2D eigenvalue weighted by molar-refractivity contribution is 9.09. The van der Waals surface area contributed by atoms with Gasteiger partial charge in [0.25, 0.3) is 0 Å². The number of unbranched alkanes of at least 4 members (excludes halogenated alkanes) is 1. The molecule has 0 aromatic heterocycles. The molecule has 0 saturated carbocycles. The van der Waals surface area contributed by atoms with Crippen LogP contribution in [0.4, 0.5) is 0 Å². The summed E-state index contributed by atoms with van der Waals surface area (Å²) >= 11 is 3.42. The molecule has 4 heteroatoms. The molecular weight excluding hydrogens is 306 g/mol. The van der Waals surface area contributed by atoms with E-state index in [2.05, 4.69) is 45.5 Å². The maximum atomic E-state index is 5.71. The Morgan fingerprint density at radius 2 is 2.11 bits per heavy atom. The second kappa shape index (κ2) is 8.56. The van der Waals surface area contributed by atoms with Crippen LogP contribution in [0.5, 0.6) is 5.75 Å². The zero-order valence-electron chi connectivity index (χ0n) is 11.2. The van der Waals surface area contributed by atoms with E-state index in [1.54, 1.807) is 0 Å². The van der Waals surface area contributed by atoms with Gasteiger partial charge in [-0.1, -0.05) is 28.1 Å². The van der Waals surface area contributed by atoms with E-state index in [0.717, 1.165) is 56.6 Å². The second-order valence-corrected chi connectivity index (χ2v) is 5.58. The third-order valence-corrected chi connectivity index (χ3v) is 3.75. The summed E-state index contributed by atoms with van der Waals surface area (Å²) < 4.78 is 11.4. The van der Waals surface area contributed by atoms with E-state index in [4.69, 9.17) is 9.47 Å². The lowest BCUT2D eigenvalue weighted by atomic mass is 10.1. The average Bonchev–Trinajstić information content (AvgIpc) is 2.46. The van der Waals surface area contributed by atoms with Gasteiger partial charge in [0.2, 0.25) is 0 Å². The van der Waals surface area contributed by atoms with Crippen LogP contribution in [0.2, 0.25) is 0 Å². The molecule has 1 aliphatic heterocycles. The summed E-state index contributed by atoms with van der Waals surface area (Å²) in [6.07, 6.45) is 3.52. The van der Waals surface area contributed by atoms with E-state index < -0.39 is 0 Å². The number of hydrogen-bond donors (Lipinski definition) is 1. The minimum Gasteiger partial charge on any atom is -0.494 e. The van der Waals surface area contributed by atoms with Crippen LogP contribution in [0, 0.1) is 0 Å². The van der Waals surface area contributed by atoms with Gasteiger partial charge >= 0.3 is 0 Å². The van der Waals surface area contributed by atoms with Gasteiger partial charge < -0.3 is 14.8 Å². The number of alkyl halides is 1. The van der Waals surface area contributed by atoms with Crippen molar-refractivity contribution in [2.24, 2.45) is 0 Å². The number of benzene rings is 1. The van der Waals surface area contributed by atoms with Crippen molar-refractivity contribution in [3.8, 4) is 5.75 Å². The lowest BCUT2D eigenvalue weighted by molar-refractivity contribution is 0.0292. The van der Waals surface area contributed by atoms with Gasteiger partial charge in [-0.05, 0) is 37.0 Å². The molecule has 0 radical (unpaired) electrons. The van der Waals surface area contributed by atoms with Gasteiger partial charge in [-0.15, -0.1) is 0 Å². The fraction of sp³-hybridized carbons (Fsp3) is 0.600. The smallest absolute Gasteiger partial charge is 0.119 e. The Kier molecular flexibility index (Phi) is 6.68. The Hall–Kier alpha value is -0.580. The third-order valence-electron chi connectivity index (χ3n) is 3.19. The predicted octanol–water partition coefficient (Wildman–Crippen LogP) is 2.77. The topological polar surface area (TPSA) is 30.5 Å². The Morgan fingerprint density at radius 1 is 1.26 bits per heavy atom. The first-order valence-corrected chi connectivity index (χ1v) is 8.10. The van der Waals surface area contributed by atoms with Crippen LogP contribution >= 0.6 is 15.9 Å². The first kappa shape index (κ1) is 14.8. The van der Waals surface area contributed by atoms with Gasteiger partial charge in [-0.2, -0.15) is 0 Å². The molecule has 0 spiro atoms. The molecule has 1 heterocycles. The molecule has 1 aromatic rings. The van der Waals surface area contributed by atoms with Crippen molar-refractivity contribution < 1.29 is 9.47 Å². The quantitative estimate of drug-likeness (QED) is 0.617. The molecule has 19 heavy (non-hydrogen) atoms. The molecular formula is C15H22BrNO2.